The Morgan fingerprint density at radius 2 is 1.80 bits per heavy atom. The van der Waals surface area contributed by atoms with Crippen molar-refractivity contribution < 1.29 is 19.1 Å². The first-order chi connectivity index (χ1) is 7.12. The van der Waals surface area contributed by atoms with E-state index in [0.717, 1.165) is 6.42 Å². The molecular weight excluding hydrogens is 196 g/mol. The lowest BCUT2D eigenvalue weighted by molar-refractivity contribution is -0.152. The largest absolute Gasteiger partial charge is 0.468 e. The van der Waals surface area contributed by atoms with Crippen LogP contribution in [0.1, 0.15) is 33.1 Å². The quantitative estimate of drug-likeness (QED) is 0.479. The van der Waals surface area contributed by atoms with Crippen molar-refractivity contribution in [2.75, 3.05) is 14.2 Å². The summed E-state index contributed by atoms with van der Waals surface area (Å²) in [6, 6.07) is 0. The molecule has 0 rings (SSSR count). The molecule has 0 spiro atoms. The number of rotatable bonds is 7. The molecule has 4 heteroatoms. The monoisotopic (exact) mass is 216 g/mol. The summed E-state index contributed by atoms with van der Waals surface area (Å²) in [5, 5.41) is 0. The van der Waals surface area contributed by atoms with Gasteiger partial charge in [0.2, 0.25) is 0 Å². The molecule has 2 unspecified atom stereocenters. The lowest BCUT2D eigenvalue weighted by Crippen LogP contribution is -2.34. The second-order valence-electron chi connectivity index (χ2n) is 3.40. The van der Waals surface area contributed by atoms with Crippen LogP contribution in [0.25, 0.3) is 0 Å². The lowest BCUT2D eigenvalue weighted by Gasteiger charge is -2.18. The van der Waals surface area contributed by atoms with Crippen LogP contribution in [0, 0.1) is 5.92 Å². The van der Waals surface area contributed by atoms with Crippen molar-refractivity contribution in [3.63, 3.8) is 0 Å². The van der Waals surface area contributed by atoms with Gasteiger partial charge in [0.15, 0.2) is 5.78 Å². The molecule has 0 N–H and O–H groups in total. The van der Waals surface area contributed by atoms with Crippen LogP contribution >= 0.6 is 0 Å². The topological polar surface area (TPSA) is 52.6 Å². The number of methoxy groups -OCH3 is 2. The highest BCUT2D eigenvalue weighted by molar-refractivity contribution is 6.01. The maximum atomic E-state index is 11.9. The van der Waals surface area contributed by atoms with Gasteiger partial charge in [0.1, 0.15) is 12.0 Å². The number of ether oxygens (including phenoxy) is 2. The molecule has 0 bridgehead atoms. The molecule has 4 nitrogen and oxygen atoms in total. The molecule has 0 heterocycles. The molecule has 0 radical (unpaired) electrons. The summed E-state index contributed by atoms with van der Waals surface area (Å²) in [4.78, 5) is 23.2. The zero-order chi connectivity index (χ0) is 11.8. The van der Waals surface area contributed by atoms with Gasteiger partial charge in [0, 0.05) is 7.11 Å². The lowest BCUT2D eigenvalue weighted by atomic mass is 9.95. The van der Waals surface area contributed by atoms with E-state index in [1.807, 2.05) is 6.92 Å². The zero-order valence-electron chi connectivity index (χ0n) is 9.91. The van der Waals surface area contributed by atoms with E-state index in [4.69, 9.17) is 4.74 Å². The van der Waals surface area contributed by atoms with E-state index in [1.165, 1.54) is 14.2 Å². The van der Waals surface area contributed by atoms with Crippen molar-refractivity contribution in [1.82, 2.24) is 0 Å². The molecule has 0 fully saturated rings. The molecule has 0 aromatic rings. The average Bonchev–Trinajstić information content (AvgIpc) is 2.26. The van der Waals surface area contributed by atoms with E-state index in [-0.39, 0.29) is 5.78 Å². The van der Waals surface area contributed by atoms with Gasteiger partial charge in [0.05, 0.1) is 7.11 Å². The van der Waals surface area contributed by atoms with Gasteiger partial charge in [-0.25, -0.2) is 0 Å². The summed E-state index contributed by atoms with van der Waals surface area (Å²) in [5.74, 6) is -1.33. The van der Waals surface area contributed by atoms with Gasteiger partial charge in [-0.3, -0.25) is 9.59 Å². The third-order valence-electron chi connectivity index (χ3n) is 2.39. The summed E-state index contributed by atoms with van der Waals surface area (Å²) < 4.78 is 9.65. The van der Waals surface area contributed by atoms with Crippen LogP contribution in [0.15, 0.2) is 0 Å². The molecule has 0 amide bonds. The van der Waals surface area contributed by atoms with E-state index in [1.54, 1.807) is 6.92 Å². The van der Waals surface area contributed by atoms with Gasteiger partial charge in [0.25, 0.3) is 0 Å². The Morgan fingerprint density at radius 1 is 1.20 bits per heavy atom. The average molecular weight is 216 g/mol. The van der Waals surface area contributed by atoms with Crippen molar-refractivity contribution in [2.45, 2.75) is 39.2 Å². The number of ketones is 1. The first kappa shape index (κ1) is 14.1. The number of Topliss-reactive ketones (excluding diaryl/α,β-unsaturated/α-hetero) is 1. The smallest absolute Gasteiger partial charge is 0.316 e. The van der Waals surface area contributed by atoms with Crippen LogP contribution < -0.4 is 0 Å². The van der Waals surface area contributed by atoms with Crippen LogP contribution in [0.5, 0.6) is 0 Å². The molecule has 0 aliphatic rings. The Morgan fingerprint density at radius 3 is 2.13 bits per heavy atom. The van der Waals surface area contributed by atoms with Gasteiger partial charge >= 0.3 is 5.97 Å². The predicted molar refractivity (Wildman–Crippen MR) is 56.5 cm³/mol. The SMILES string of the molecule is CCCC(OC)C(=O)C(CC)C(=O)OC. The van der Waals surface area contributed by atoms with E-state index >= 15 is 0 Å². The number of carbonyl (C=O) groups excluding carboxylic acids is 2. The van der Waals surface area contributed by atoms with Crippen LogP contribution in [-0.4, -0.2) is 32.1 Å². The predicted octanol–water partition coefficient (Wildman–Crippen LogP) is 1.57. The van der Waals surface area contributed by atoms with Crippen LogP contribution in [0.3, 0.4) is 0 Å². The maximum absolute atomic E-state index is 11.9. The highest BCUT2D eigenvalue weighted by atomic mass is 16.5. The normalized spacial score (nSPS) is 14.4. The van der Waals surface area contributed by atoms with Crippen molar-refractivity contribution in [3.05, 3.63) is 0 Å². The second kappa shape index (κ2) is 7.40. The zero-order valence-corrected chi connectivity index (χ0v) is 9.91. The van der Waals surface area contributed by atoms with Crippen LogP contribution in [0.2, 0.25) is 0 Å². The Bertz CT molecular complexity index is 213. The Labute approximate surface area is 90.9 Å². The number of esters is 1. The Hall–Kier alpha value is -0.900. The molecule has 88 valence electrons. The molecule has 0 aliphatic carbocycles. The van der Waals surface area contributed by atoms with Gasteiger partial charge in [-0.05, 0) is 12.8 Å². The molecule has 15 heavy (non-hydrogen) atoms. The fourth-order valence-electron chi connectivity index (χ4n) is 1.49. The van der Waals surface area contributed by atoms with Gasteiger partial charge in [-0.1, -0.05) is 20.3 Å². The maximum Gasteiger partial charge on any atom is 0.316 e. The van der Waals surface area contributed by atoms with Gasteiger partial charge in [-0.2, -0.15) is 0 Å². The number of hydrogen-bond acceptors (Lipinski definition) is 4. The standard InChI is InChI=1S/C11H20O4/c1-5-7-9(14-3)10(12)8(6-2)11(13)15-4/h8-9H,5-7H2,1-4H3. The molecule has 0 saturated heterocycles. The first-order valence-electron chi connectivity index (χ1n) is 5.26. The number of carbonyl (C=O) groups is 2. The Kier molecular flexibility index (Phi) is 6.96. The van der Waals surface area contributed by atoms with Gasteiger partial charge < -0.3 is 9.47 Å². The van der Waals surface area contributed by atoms with E-state index in [9.17, 15) is 9.59 Å². The molecule has 0 aliphatic heterocycles. The first-order valence-corrected chi connectivity index (χ1v) is 5.26. The summed E-state index contributed by atoms with van der Waals surface area (Å²) >= 11 is 0. The minimum absolute atomic E-state index is 0.172. The Balaban J connectivity index is 4.54. The van der Waals surface area contributed by atoms with E-state index in [0.29, 0.717) is 12.8 Å². The van der Waals surface area contributed by atoms with Crippen molar-refractivity contribution >= 4 is 11.8 Å². The third-order valence-corrected chi connectivity index (χ3v) is 2.39. The van der Waals surface area contributed by atoms with Crippen molar-refractivity contribution in [2.24, 2.45) is 5.92 Å². The van der Waals surface area contributed by atoms with E-state index in [2.05, 4.69) is 4.74 Å². The molecule has 0 aromatic heterocycles. The number of hydrogen-bond donors (Lipinski definition) is 0. The van der Waals surface area contributed by atoms with Gasteiger partial charge in [-0.15, -0.1) is 0 Å². The second-order valence-corrected chi connectivity index (χ2v) is 3.40. The fraction of sp³-hybridized carbons (Fsp3) is 0.818. The molecule has 0 aromatic carbocycles. The van der Waals surface area contributed by atoms with Crippen LogP contribution in [0.4, 0.5) is 0 Å². The minimum atomic E-state index is -0.688. The molecule has 2 atom stereocenters. The molecule has 0 saturated carbocycles. The third kappa shape index (κ3) is 4.00. The molecular formula is C11H20O4. The van der Waals surface area contributed by atoms with Crippen LogP contribution in [-0.2, 0) is 19.1 Å². The van der Waals surface area contributed by atoms with Crippen molar-refractivity contribution in [1.29, 1.82) is 0 Å². The summed E-state index contributed by atoms with van der Waals surface area (Å²) in [7, 11) is 2.78. The summed E-state index contributed by atoms with van der Waals surface area (Å²) in [6.45, 7) is 3.76. The fourth-order valence-corrected chi connectivity index (χ4v) is 1.49. The summed E-state index contributed by atoms with van der Waals surface area (Å²) in [5.41, 5.74) is 0. The summed E-state index contributed by atoms with van der Waals surface area (Å²) in [6.07, 6.45) is 1.46. The highest BCUT2D eigenvalue weighted by Crippen LogP contribution is 2.14. The highest BCUT2D eigenvalue weighted by Gasteiger charge is 2.31. The van der Waals surface area contributed by atoms with E-state index < -0.39 is 18.0 Å². The van der Waals surface area contributed by atoms with Crippen molar-refractivity contribution in [3.8, 4) is 0 Å². The minimum Gasteiger partial charge on any atom is -0.468 e.